The quantitative estimate of drug-likeness (QED) is 0.850. The summed E-state index contributed by atoms with van der Waals surface area (Å²) in [4.78, 5) is 12.8. The number of carbonyl (C=O) groups is 1. The van der Waals surface area contributed by atoms with Gasteiger partial charge in [-0.2, -0.15) is 0 Å². The Morgan fingerprint density at radius 2 is 1.80 bits per heavy atom. The fraction of sp³-hybridized carbons (Fsp3) is 0.588. The van der Waals surface area contributed by atoms with Crippen LogP contribution >= 0.6 is 11.6 Å². The van der Waals surface area contributed by atoms with Crippen molar-refractivity contribution in [2.24, 2.45) is 0 Å². The average Bonchev–Trinajstić information content (AvgIpc) is 2.39. The molecule has 0 unspecified atom stereocenters. The molecule has 1 aliphatic rings. The van der Waals surface area contributed by atoms with Crippen molar-refractivity contribution in [1.29, 1.82) is 0 Å². The lowest BCUT2D eigenvalue weighted by atomic mass is 9.60. The highest BCUT2D eigenvalue weighted by Crippen LogP contribution is 2.46. The summed E-state index contributed by atoms with van der Waals surface area (Å²) in [6, 6.07) is 7.60. The number of benzene rings is 1. The highest BCUT2D eigenvalue weighted by Gasteiger charge is 2.46. The van der Waals surface area contributed by atoms with Crippen molar-refractivity contribution >= 4 is 17.4 Å². The van der Waals surface area contributed by atoms with Gasteiger partial charge in [-0.1, -0.05) is 44.0 Å². The van der Waals surface area contributed by atoms with E-state index in [9.17, 15) is 9.90 Å². The molecule has 1 aromatic rings. The van der Waals surface area contributed by atoms with Crippen molar-refractivity contribution in [3.8, 4) is 0 Å². The fourth-order valence-electron chi connectivity index (χ4n) is 3.00. The van der Waals surface area contributed by atoms with E-state index in [1.165, 1.54) is 0 Å². The van der Waals surface area contributed by atoms with Crippen LogP contribution in [-0.4, -0.2) is 16.5 Å². The highest BCUT2D eigenvalue weighted by molar-refractivity contribution is 6.30. The van der Waals surface area contributed by atoms with Gasteiger partial charge in [0.25, 0.3) is 0 Å². The molecule has 0 radical (unpaired) electrons. The number of rotatable bonds is 6. The Balaban J connectivity index is 2.23. The number of hydrogen-bond donors (Lipinski definition) is 1. The molecule has 2 nitrogen and oxygen atoms in total. The minimum atomic E-state index is -0.855. The third-order valence-corrected chi connectivity index (χ3v) is 5.20. The minimum absolute atomic E-state index is 0.178. The Labute approximate surface area is 126 Å². The van der Waals surface area contributed by atoms with E-state index in [1.54, 1.807) is 0 Å². The molecule has 2 rings (SSSR count). The predicted octanol–water partition coefficient (Wildman–Crippen LogP) is 4.27. The summed E-state index contributed by atoms with van der Waals surface area (Å²) in [5.41, 5.74) is -0.192. The Kier molecular flexibility index (Phi) is 4.55. The van der Waals surface area contributed by atoms with Crippen LogP contribution in [0.15, 0.2) is 24.3 Å². The molecule has 1 aromatic carbocycles. The zero-order valence-corrected chi connectivity index (χ0v) is 13.0. The van der Waals surface area contributed by atoms with Gasteiger partial charge in [-0.05, 0) is 43.4 Å². The Hall–Kier alpha value is -0.860. The van der Waals surface area contributed by atoms with E-state index in [0.717, 1.165) is 24.8 Å². The first-order valence-electron chi connectivity index (χ1n) is 7.47. The maximum Gasteiger partial charge on any atom is 0.146 e. The number of ketones is 1. The van der Waals surface area contributed by atoms with Gasteiger partial charge in [-0.15, -0.1) is 0 Å². The van der Waals surface area contributed by atoms with Gasteiger partial charge < -0.3 is 5.11 Å². The van der Waals surface area contributed by atoms with Crippen LogP contribution in [0.25, 0.3) is 0 Å². The smallest absolute Gasteiger partial charge is 0.146 e. The third-order valence-electron chi connectivity index (χ3n) is 4.94. The molecule has 0 amide bonds. The molecule has 0 aliphatic heterocycles. The lowest BCUT2D eigenvalue weighted by Crippen LogP contribution is -2.46. The van der Waals surface area contributed by atoms with Crippen LogP contribution in [0.1, 0.15) is 57.9 Å². The number of halogens is 1. The molecule has 0 heterocycles. The molecule has 1 N–H and O–H groups in total. The summed E-state index contributed by atoms with van der Waals surface area (Å²) in [6.07, 6.45) is 4.33. The molecule has 1 saturated carbocycles. The van der Waals surface area contributed by atoms with Crippen LogP contribution in [0, 0.1) is 0 Å². The van der Waals surface area contributed by atoms with Gasteiger partial charge in [-0.25, -0.2) is 0 Å². The van der Waals surface area contributed by atoms with E-state index >= 15 is 0 Å². The SMILES string of the molecule is CCC(O)(CC)CC(=O)C1(c2ccc(Cl)cc2)CCC1. The normalized spacial score (nSPS) is 17.6. The topological polar surface area (TPSA) is 37.3 Å². The van der Waals surface area contributed by atoms with Crippen molar-refractivity contribution < 1.29 is 9.90 Å². The van der Waals surface area contributed by atoms with E-state index in [0.29, 0.717) is 17.9 Å². The standard InChI is InChI=1S/C17H23ClO2/c1-3-16(20,4-2)12-15(19)17(10-5-11-17)13-6-8-14(18)9-7-13/h6-9,20H,3-5,10-12H2,1-2H3. The van der Waals surface area contributed by atoms with Crippen molar-refractivity contribution in [3.63, 3.8) is 0 Å². The van der Waals surface area contributed by atoms with E-state index in [2.05, 4.69) is 0 Å². The van der Waals surface area contributed by atoms with Crippen LogP contribution in [0.3, 0.4) is 0 Å². The van der Waals surface area contributed by atoms with E-state index in [4.69, 9.17) is 11.6 Å². The summed E-state index contributed by atoms with van der Waals surface area (Å²) >= 11 is 5.93. The van der Waals surface area contributed by atoms with Gasteiger partial charge in [0.15, 0.2) is 0 Å². The molecule has 0 atom stereocenters. The molecule has 0 saturated heterocycles. The average molecular weight is 295 g/mol. The summed E-state index contributed by atoms with van der Waals surface area (Å²) in [6.45, 7) is 3.87. The molecular weight excluding hydrogens is 272 g/mol. The van der Waals surface area contributed by atoms with Gasteiger partial charge >= 0.3 is 0 Å². The Morgan fingerprint density at radius 3 is 2.20 bits per heavy atom. The molecular formula is C17H23ClO2. The molecule has 20 heavy (non-hydrogen) atoms. The van der Waals surface area contributed by atoms with Crippen molar-refractivity contribution in [2.75, 3.05) is 0 Å². The lowest BCUT2D eigenvalue weighted by Gasteiger charge is -2.42. The monoisotopic (exact) mass is 294 g/mol. The second-order valence-electron chi connectivity index (χ2n) is 5.97. The second-order valence-corrected chi connectivity index (χ2v) is 6.41. The second kappa shape index (κ2) is 5.87. The maximum absolute atomic E-state index is 12.8. The van der Waals surface area contributed by atoms with E-state index in [-0.39, 0.29) is 17.6 Å². The predicted molar refractivity (Wildman–Crippen MR) is 82.1 cm³/mol. The number of aliphatic hydroxyl groups is 1. The summed E-state index contributed by atoms with van der Waals surface area (Å²) in [5, 5.41) is 11.1. The first-order chi connectivity index (χ1) is 9.46. The fourth-order valence-corrected chi connectivity index (χ4v) is 3.12. The zero-order chi connectivity index (χ0) is 14.8. The van der Waals surface area contributed by atoms with Crippen LogP contribution in [0.5, 0.6) is 0 Å². The summed E-state index contributed by atoms with van der Waals surface area (Å²) in [7, 11) is 0. The summed E-state index contributed by atoms with van der Waals surface area (Å²) in [5.74, 6) is 0.178. The van der Waals surface area contributed by atoms with Gasteiger partial charge in [0.05, 0.1) is 11.0 Å². The first-order valence-corrected chi connectivity index (χ1v) is 7.85. The molecule has 110 valence electrons. The number of carbonyl (C=O) groups excluding carboxylic acids is 1. The van der Waals surface area contributed by atoms with E-state index < -0.39 is 5.60 Å². The van der Waals surface area contributed by atoms with Crippen LogP contribution in [-0.2, 0) is 10.2 Å². The largest absolute Gasteiger partial charge is 0.389 e. The third kappa shape index (κ3) is 2.77. The van der Waals surface area contributed by atoms with Gasteiger partial charge in [0.1, 0.15) is 5.78 Å². The van der Waals surface area contributed by atoms with Gasteiger partial charge in [0, 0.05) is 11.4 Å². The van der Waals surface area contributed by atoms with Crippen LogP contribution in [0.4, 0.5) is 0 Å². The Morgan fingerprint density at radius 1 is 1.25 bits per heavy atom. The summed E-state index contributed by atoms with van der Waals surface area (Å²) < 4.78 is 0. The zero-order valence-electron chi connectivity index (χ0n) is 12.3. The number of Topliss-reactive ketones (excluding diaryl/α,β-unsaturated/α-hetero) is 1. The highest BCUT2D eigenvalue weighted by atomic mass is 35.5. The van der Waals surface area contributed by atoms with Crippen molar-refractivity contribution in [1.82, 2.24) is 0 Å². The van der Waals surface area contributed by atoms with Crippen molar-refractivity contribution in [3.05, 3.63) is 34.9 Å². The molecule has 1 fully saturated rings. The lowest BCUT2D eigenvalue weighted by molar-refractivity contribution is -0.133. The van der Waals surface area contributed by atoms with Crippen LogP contribution < -0.4 is 0 Å². The molecule has 3 heteroatoms. The number of hydrogen-bond acceptors (Lipinski definition) is 2. The maximum atomic E-state index is 12.8. The van der Waals surface area contributed by atoms with Gasteiger partial charge in [-0.3, -0.25) is 4.79 Å². The minimum Gasteiger partial charge on any atom is -0.389 e. The Bertz CT molecular complexity index is 470. The molecule has 0 bridgehead atoms. The van der Waals surface area contributed by atoms with Gasteiger partial charge in [0.2, 0.25) is 0 Å². The first kappa shape index (κ1) is 15.5. The van der Waals surface area contributed by atoms with Crippen molar-refractivity contribution in [2.45, 2.75) is 63.4 Å². The van der Waals surface area contributed by atoms with E-state index in [1.807, 2.05) is 38.1 Å². The molecule has 1 aliphatic carbocycles. The van der Waals surface area contributed by atoms with Crippen LogP contribution in [0.2, 0.25) is 5.02 Å². The molecule has 0 aromatic heterocycles. The molecule has 0 spiro atoms.